The van der Waals surface area contributed by atoms with Crippen molar-refractivity contribution in [3.63, 3.8) is 0 Å². The predicted molar refractivity (Wildman–Crippen MR) is 103 cm³/mol. The van der Waals surface area contributed by atoms with Crippen molar-refractivity contribution in [2.24, 2.45) is 4.99 Å². The Balaban J connectivity index is 1.91. The van der Waals surface area contributed by atoms with Crippen molar-refractivity contribution in [2.75, 3.05) is 20.8 Å². The highest BCUT2D eigenvalue weighted by molar-refractivity contribution is 6.30. The molecule has 0 unspecified atom stereocenters. The van der Waals surface area contributed by atoms with Crippen LogP contribution in [0, 0.1) is 0 Å². The zero-order valence-electron chi connectivity index (χ0n) is 14.8. The zero-order chi connectivity index (χ0) is 18.1. The summed E-state index contributed by atoms with van der Waals surface area (Å²) >= 11 is 6.04. The standard InChI is InChI=1S/C19H24ClN3O2/c1-4-25-18-11-16(20)8-7-15(18)13-23-19(21-2)22-12-14-5-9-17(24-3)10-6-14/h5-11H,4,12-13H2,1-3H3,(H2,21,22,23). The Hall–Kier alpha value is -2.40. The highest BCUT2D eigenvalue weighted by Gasteiger charge is 2.06. The van der Waals surface area contributed by atoms with E-state index in [1.165, 1.54) is 0 Å². The van der Waals surface area contributed by atoms with E-state index in [1.54, 1.807) is 14.2 Å². The number of nitrogens with one attached hydrogen (secondary N) is 2. The molecule has 0 atom stereocenters. The molecule has 6 heteroatoms. The number of hydrogen-bond donors (Lipinski definition) is 2. The molecule has 25 heavy (non-hydrogen) atoms. The van der Waals surface area contributed by atoms with Gasteiger partial charge in [0.1, 0.15) is 11.5 Å². The second-order valence-corrected chi connectivity index (χ2v) is 5.75. The number of halogens is 1. The predicted octanol–water partition coefficient (Wildman–Crippen LogP) is 3.61. The lowest BCUT2D eigenvalue weighted by atomic mass is 10.2. The van der Waals surface area contributed by atoms with Gasteiger partial charge in [-0.15, -0.1) is 0 Å². The number of nitrogens with zero attached hydrogens (tertiary/aromatic N) is 1. The maximum absolute atomic E-state index is 6.04. The van der Waals surface area contributed by atoms with Crippen LogP contribution in [0.4, 0.5) is 0 Å². The summed E-state index contributed by atoms with van der Waals surface area (Å²) in [6, 6.07) is 13.6. The molecular weight excluding hydrogens is 338 g/mol. The Morgan fingerprint density at radius 2 is 1.80 bits per heavy atom. The summed E-state index contributed by atoms with van der Waals surface area (Å²) in [6.45, 7) is 3.81. The maximum Gasteiger partial charge on any atom is 0.191 e. The Morgan fingerprint density at radius 1 is 1.08 bits per heavy atom. The van der Waals surface area contributed by atoms with E-state index in [0.29, 0.717) is 30.7 Å². The van der Waals surface area contributed by atoms with E-state index in [1.807, 2.05) is 49.4 Å². The quantitative estimate of drug-likeness (QED) is 0.584. The van der Waals surface area contributed by atoms with Crippen LogP contribution in [0.5, 0.6) is 11.5 Å². The summed E-state index contributed by atoms with van der Waals surface area (Å²) in [7, 11) is 3.40. The van der Waals surface area contributed by atoms with Crippen LogP contribution in [0.25, 0.3) is 0 Å². The third-order valence-electron chi connectivity index (χ3n) is 3.62. The average molecular weight is 362 g/mol. The normalized spacial score (nSPS) is 11.1. The Morgan fingerprint density at radius 3 is 2.44 bits per heavy atom. The van der Waals surface area contributed by atoms with Gasteiger partial charge >= 0.3 is 0 Å². The van der Waals surface area contributed by atoms with Crippen LogP contribution < -0.4 is 20.1 Å². The summed E-state index contributed by atoms with van der Waals surface area (Å²) < 4.78 is 10.8. The fraction of sp³-hybridized carbons (Fsp3) is 0.316. The highest BCUT2D eigenvalue weighted by atomic mass is 35.5. The lowest BCUT2D eigenvalue weighted by Gasteiger charge is -2.15. The Kier molecular flexibility index (Phi) is 7.41. The lowest BCUT2D eigenvalue weighted by Crippen LogP contribution is -2.36. The molecule has 0 aliphatic rings. The fourth-order valence-electron chi connectivity index (χ4n) is 2.29. The summed E-state index contributed by atoms with van der Waals surface area (Å²) in [5, 5.41) is 7.24. The van der Waals surface area contributed by atoms with Crippen LogP contribution >= 0.6 is 11.6 Å². The first-order valence-electron chi connectivity index (χ1n) is 8.15. The van der Waals surface area contributed by atoms with Gasteiger partial charge in [0, 0.05) is 30.7 Å². The molecule has 0 bridgehead atoms. The molecule has 0 amide bonds. The monoisotopic (exact) mass is 361 g/mol. The molecule has 0 spiro atoms. The molecule has 0 aliphatic carbocycles. The summed E-state index contributed by atoms with van der Waals surface area (Å²) in [5.41, 5.74) is 2.17. The van der Waals surface area contributed by atoms with Crippen LogP contribution in [0.15, 0.2) is 47.5 Å². The van der Waals surface area contributed by atoms with Crippen molar-refractivity contribution < 1.29 is 9.47 Å². The minimum absolute atomic E-state index is 0.592. The number of aliphatic imine (C=N–C) groups is 1. The molecule has 2 aromatic rings. The fourth-order valence-corrected chi connectivity index (χ4v) is 2.46. The Bertz CT molecular complexity index is 702. The van der Waals surface area contributed by atoms with Gasteiger partial charge in [-0.1, -0.05) is 29.8 Å². The topological polar surface area (TPSA) is 54.9 Å². The molecule has 0 heterocycles. The number of hydrogen-bond acceptors (Lipinski definition) is 3. The second-order valence-electron chi connectivity index (χ2n) is 5.31. The van der Waals surface area contributed by atoms with Crippen molar-refractivity contribution in [1.29, 1.82) is 0 Å². The van der Waals surface area contributed by atoms with Crippen LogP contribution in [-0.4, -0.2) is 26.7 Å². The highest BCUT2D eigenvalue weighted by Crippen LogP contribution is 2.23. The summed E-state index contributed by atoms with van der Waals surface area (Å²) in [6.07, 6.45) is 0. The number of guanidine groups is 1. The van der Waals surface area contributed by atoms with E-state index < -0.39 is 0 Å². The lowest BCUT2D eigenvalue weighted by molar-refractivity contribution is 0.336. The van der Waals surface area contributed by atoms with E-state index >= 15 is 0 Å². The minimum atomic E-state index is 0.592. The SMILES string of the molecule is CCOc1cc(Cl)ccc1CNC(=NC)NCc1ccc(OC)cc1. The van der Waals surface area contributed by atoms with Gasteiger partial charge < -0.3 is 20.1 Å². The van der Waals surface area contributed by atoms with E-state index in [-0.39, 0.29) is 0 Å². The van der Waals surface area contributed by atoms with Crippen molar-refractivity contribution in [1.82, 2.24) is 10.6 Å². The van der Waals surface area contributed by atoms with Crippen LogP contribution in [0.1, 0.15) is 18.1 Å². The van der Waals surface area contributed by atoms with Crippen molar-refractivity contribution in [3.05, 3.63) is 58.6 Å². The first-order valence-corrected chi connectivity index (χ1v) is 8.52. The molecule has 0 saturated carbocycles. The van der Waals surface area contributed by atoms with Gasteiger partial charge in [-0.05, 0) is 36.8 Å². The largest absolute Gasteiger partial charge is 0.497 e. The number of benzene rings is 2. The summed E-state index contributed by atoms with van der Waals surface area (Å²) in [5.74, 6) is 2.35. The van der Waals surface area contributed by atoms with Gasteiger partial charge in [-0.3, -0.25) is 4.99 Å². The van der Waals surface area contributed by atoms with Gasteiger partial charge in [-0.2, -0.15) is 0 Å². The Labute approximate surface area is 154 Å². The molecular formula is C19H24ClN3O2. The number of ether oxygens (including phenoxy) is 2. The average Bonchev–Trinajstić information content (AvgIpc) is 2.64. The summed E-state index contributed by atoms with van der Waals surface area (Å²) in [4.78, 5) is 4.25. The molecule has 0 saturated heterocycles. The smallest absolute Gasteiger partial charge is 0.191 e. The minimum Gasteiger partial charge on any atom is -0.497 e. The van der Waals surface area contributed by atoms with Gasteiger partial charge in [0.15, 0.2) is 5.96 Å². The van der Waals surface area contributed by atoms with Gasteiger partial charge in [-0.25, -0.2) is 0 Å². The van der Waals surface area contributed by atoms with Gasteiger partial charge in [0.05, 0.1) is 13.7 Å². The first kappa shape index (κ1) is 18.9. The van der Waals surface area contributed by atoms with Gasteiger partial charge in [0.25, 0.3) is 0 Å². The maximum atomic E-state index is 6.04. The van der Waals surface area contributed by atoms with Crippen LogP contribution in [0.2, 0.25) is 5.02 Å². The molecule has 2 rings (SSSR count). The van der Waals surface area contributed by atoms with E-state index in [0.717, 1.165) is 22.6 Å². The van der Waals surface area contributed by atoms with E-state index in [9.17, 15) is 0 Å². The van der Waals surface area contributed by atoms with E-state index in [4.69, 9.17) is 21.1 Å². The molecule has 134 valence electrons. The van der Waals surface area contributed by atoms with Gasteiger partial charge in [0.2, 0.25) is 0 Å². The molecule has 0 aromatic heterocycles. The second kappa shape index (κ2) is 9.79. The molecule has 5 nitrogen and oxygen atoms in total. The zero-order valence-corrected chi connectivity index (χ0v) is 15.6. The molecule has 2 aromatic carbocycles. The number of rotatable bonds is 7. The molecule has 2 N–H and O–H groups in total. The van der Waals surface area contributed by atoms with Crippen molar-refractivity contribution in [3.8, 4) is 11.5 Å². The molecule has 0 aliphatic heterocycles. The van der Waals surface area contributed by atoms with E-state index in [2.05, 4.69) is 15.6 Å². The van der Waals surface area contributed by atoms with Crippen molar-refractivity contribution in [2.45, 2.75) is 20.0 Å². The van der Waals surface area contributed by atoms with Crippen LogP contribution in [0.3, 0.4) is 0 Å². The third-order valence-corrected chi connectivity index (χ3v) is 3.85. The molecule has 0 fully saturated rings. The molecule has 0 radical (unpaired) electrons. The number of methoxy groups -OCH3 is 1. The first-order chi connectivity index (χ1) is 12.2. The van der Waals surface area contributed by atoms with Crippen molar-refractivity contribution >= 4 is 17.6 Å². The van der Waals surface area contributed by atoms with Crippen LogP contribution in [-0.2, 0) is 13.1 Å². The third kappa shape index (κ3) is 5.87.